The maximum Gasteiger partial charge on any atom is 0.0503 e. The maximum absolute atomic E-state index is 6.22. The zero-order chi connectivity index (χ0) is 15.4. The first-order chi connectivity index (χ1) is 9.99. The monoisotopic (exact) mass is 363 g/mol. The number of hydrogen-bond acceptors (Lipinski definition) is 2. The van der Waals surface area contributed by atoms with E-state index in [1.54, 1.807) is 0 Å². The molecule has 2 N–H and O–H groups in total. The quantitative estimate of drug-likeness (QED) is 0.684. The Morgan fingerprint density at radius 2 is 1.57 bits per heavy atom. The molecule has 1 nitrogen and oxygen atoms in total. The Morgan fingerprint density at radius 1 is 0.952 bits per heavy atom. The molecule has 0 heterocycles. The lowest BCUT2D eigenvalue weighted by Gasteiger charge is -2.22. The molecule has 21 heavy (non-hydrogen) atoms. The first kappa shape index (κ1) is 16.6. The van der Waals surface area contributed by atoms with Crippen LogP contribution >= 0.6 is 27.7 Å². The number of hydrogen-bond donors (Lipinski definition) is 1. The Balaban J connectivity index is 2.23. The van der Waals surface area contributed by atoms with E-state index in [1.807, 2.05) is 17.8 Å². The van der Waals surface area contributed by atoms with Crippen LogP contribution in [0.2, 0.25) is 0 Å². The summed E-state index contributed by atoms with van der Waals surface area (Å²) in [4.78, 5) is 1.26. The Kier molecular flexibility index (Phi) is 5.91. The van der Waals surface area contributed by atoms with Gasteiger partial charge in [-0.2, -0.15) is 0 Å². The molecule has 0 aliphatic heterocycles. The topological polar surface area (TPSA) is 26.0 Å². The molecule has 112 valence electrons. The first-order valence-electron chi connectivity index (χ1n) is 7.25. The minimum absolute atomic E-state index is 0.0819. The molecule has 0 bridgehead atoms. The van der Waals surface area contributed by atoms with Gasteiger partial charge in [0.25, 0.3) is 0 Å². The molecule has 0 amide bonds. The molecule has 0 aromatic heterocycles. The highest BCUT2D eigenvalue weighted by atomic mass is 79.9. The smallest absolute Gasteiger partial charge is 0.0503 e. The third-order valence-electron chi connectivity index (χ3n) is 3.50. The molecule has 2 rings (SSSR count). The summed E-state index contributed by atoms with van der Waals surface area (Å²) in [5.74, 6) is 0.566. The lowest BCUT2D eigenvalue weighted by molar-refractivity contribution is 0.719. The number of nitrogens with two attached hydrogens (primary N) is 1. The SMILES string of the molecule is CC(C)c1ccc(SC(c2ccccc2Br)C(C)N)cc1. The second-order valence-electron chi connectivity index (χ2n) is 5.64. The van der Waals surface area contributed by atoms with Gasteiger partial charge < -0.3 is 5.73 Å². The van der Waals surface area contributed by atoms with Crippen molar-refractivity contribution in [1.29, 1.82) is 0 Å². The van der Waals surface area contributed by atoms with E-state index in [9.17, 15) is 0 Å². The van der Waals surface area contributed by atoms with E-state index in [0.29, 0.717) is 5.92 Å². The summed E-state index contributed by atoms with van der Waals surface area (Å²) in [6, 6.07) is 17.2. The molecule has 0 saturated heterocycles. The summed E-state index contributed by atoms with van der Waals surface area (Å²) in [7, 11) is 0. The van der Waals surface area contributed by atoms with Gasteiger partial charge in [-0.3, -0.25) is 0 Å². The summed E-state index contributed by atoms with van der Waals surface area (Å²) in [5, 5.41) is 0.241. The van der Waals surface area contributed by atoms with Gasteiger partial charge in [-0.1, -0.05) is 60.1 Å². The fourth-order valence-electron chi connectivity index (χ4n) is 2.24. The Hall–Kier alpha value is -0.770. The van der Waals surface area contributed by atoms with Crippen LogP contribution in [-0.4, -0.2) is 6.04 Å². The van der Waals surface area contributed by atoms with E-state index in [0.717, 1.165) is 4.47 Å². The van der Waals surface area contributed by atoms with Crippen LogP contribution in [0.25, 0.3) is 0 Å². The molecule has 0 spiro atoms. The van der Waals surface area contributed by atoms with Crippen molar-refractivity contribution < 1.29 is 0 Å². The van der Waals surface area contributed by atoms with E-state index in [2.05, 4.69) is 79.2 Å². The van der Waals surface area contributed by atoms with Gasteiger partial charge in [-0.05, 0) is 42.2 Å². The standard InChI is InChI=1S/C18H22BrNS/c1-12(2)14-8-10-15(11-9-14)21-18(13(3)20)16-6-4-5-7-17(16)19/h4-13,18H,20H2,1-3H3. The normalized spacial score (nSPS) is 14.2. The van der Waals surface area contributed by atoms with Crippen LogP contribution in [-0.2, 0) is 0 Å². The summed E-state index contributed by atoms with van der Waals surface area (Å²) >= 11 is 5.47. The lowest BCUT2D eigenvalue weighted by atomic mass is 10.0. The lowest BCUT2D eigenvalue weighted by Crippen LogP contribution is -2.22. The highest BCUT2D eigenvalue weighted by Gasteiger charge is 2.19. The van der Waals surface area contributed by atoms with E-state index < -0.39 is 0 Å². The van der Waals surface area contributed by atoms with Crippen molar-refractivity contribution in [2.45, 2.75) is 42.9 Å². The van der Waals surface area contributed by atoms with Gasteiger partial charge in [0, 0.05) is 15.4 Å². The summed E-state index contributed by atoms with van der Waals surface area (Å²) in [5.41, 5.74) is 8.85. The van der Waals surface area contributed by atoms with Crippen molar-refractivity contribution in [3.63, 3.8) is 0 Å². The summed E-state index contributed by atoms with van der Waals surface area (Å²) in [6.07, 6.45) is 0. The van der Waals surface area contributed by atoms with Gasteiger partial charge in [0.05, 0.1) is 5.25 Å². The number of rotatable bonds is 5. The van der Waals surface area contributed by atoms with Gasteiger partial charge >= 0.3 is 0 Å². The molecule has 0 aliphatic carbocycles. The second kappa shape index (κ2) is 7.48. The number of thioether (sulfide) groups is 1. The number of benzene rings is 2. The average Bonchev–Trinajstić information content (AvgIpc) is 2.46. The summed E-state index contributed by atoms with van der Waals surface area (Å²) < 4.78 is 1.12. The van der Waals surface area contributed by atoms with Gasteiger partial charge in [-0.15, -0.1) is 11.8 Å². The van der Waals surface area contributed by atoms with Gasteiger partial charge in [-0.25, -0.2) is 0 Å². The third kappa shape index (κ3) is 4.35. The Labute approximate surface area is 140 Å². The minimum atomic E-state index is 0.0819. The van der Waals surface area contributed by atoms with Crippen LogP contribution in [0.1, 0.15) is 43.1 Å². The first-order valence-corrected chi connectivity index (χ1v) is 8.93. The van der Waals surface area contributed by atoms with Crippen molar-refractivity contribution in [3.05, 3.63) is 64.1 Å². The zero-order valence-corrected chi connectivity index (χ0v) is 15.1. The van der Waals surface area contributed by atoms with Crippen LogP contribution in [0, 0.1) is 0 Å². The van der Waals surface area contributed by atoms with E-state index in [4.69, 9.17) is 5.73 Å². The van der Waals surface area contributed by atoms with Crippen molar-refractivity contribution >= 4 is 27.7 Å². The zero-order valence-electron chi connectivity index (χ0n) is 12.7. The second-order valence-corrected chi connectivity index (χ2v) is 7.71. The highest BCUT2D eigenvalue weighted by molar-refractivity contribution is 9.10. The third-order valence-corrected chi connectivity index (χ3v) is 5.70. The van der Waals surface area contributed by atoms with Crippen molar-refractivity contribution in [3.8, 4) is 0 Å². The predicted molar refractivity (Wildman–Crippen MR) is 96.9 cm³/mol. The van der Waals surface area contributed by atoms with Crippen LogP contribution in [0.15, 0.2) is 57.9 Å². The molecule has 0 saturated carbocycles. The van der Waals surface area contributed by atoms with E-state index in [1.165, 1.54) is 16.0 Å². The van der Waals surface area contributed by atoms with Crippen molar-refractivity contribution in [2.75, 3.05) is 0 Å². The van der Waals surface area contributed by atoms with Crippen LogP contribution < -0.4 is 5.73 Å². The van der Waals surface area contributed by atoms with E-state index >= 15 is 0 Å². The van der Waals surface area contributed by atoms with Gasteiger partial charge in [0.1, 0.15) is 0 Å². The van der Waals surface area contributed by atoms with Crippen LogP contribution in [0.3, 0.4) is 0 Å². The molecule has 0 radical (unpaired) electrons. The summed E-state index contributed by atoms with van der Waals surface area (Å²) in [6.45, 7) is 6.50. The Morgan fingerprint density at radius 3 is 2.10 bits per heavy atom. The van der Waals surface area contributed by atoms with Crippen molar-refractivity contribution in [2.24, 2.45) is 5.73 Å². The largest absolute Gasteiger partial charge is 0.327 e. The van der Waals surface area contributed by atoms with E-state index in [-0.39, 0.29) is 11.3 Å². The molecular weight excluding hydrogens is 342 g/mol. The van der Waals surface area contributed by atoms with Crippen molar-refractivity contribution in [1.82, 2.24) is 0 Å². The fourth-order valence-corrected chi connectivity index (χ4v) is 4.05. The van der Waals surface area contributed by atoms with Crippen LogP contribution in [0.5, 0.6) is 0 Å². The van der Waals surface area contributed by atoms with Crippen LogP contribution in [0.4, 0.5) is 0 Å². The molecule has 2 aromatic rings. The molecule has 0 aliphatic rings. The average molecular weight is 364 g/mol. The molecule has 0 fully saturated rings. The fraction of sp³-hybridized carbons (Fsp3) is 0.333. The molecule has 2 aromatic carbocycles. The predicted octanol–water partition coefficient (Wildman–Crippen LogP) is 5.75. The molecule has 2 atom stereocenters. The molecule has 3 heteroatoms. The van der Waals surface area contributed by atoms with Gasteiger partial charge in [0.15, 0.2) is 0 Å². The maximum atomic E-state index is 6.22. The highest BCUT2D eigenvalue weighted by Crippen LogP contribution is 2.40. The Bertz CT molecular complexity index is 578. The van der Waals surface area contributed by atoms with Gasteiger partial charge in [0.2, 0.25) is 0 Å². The molecular formula is C18H22BrNS. The molecule has 2 unspecified atom stereocenters. The minimum Gasteiger partial charge on any atom is -0.327 e. The number of halogens is 1.